The summed E-state index contributed by atoms with van der Waals surface area (Å²) in [4.78, 5) is 9.16. The number of hydrogen-bond donors (Lipinski definition) is 0. The molecule has 0 amide bonds. The summed E-state index contributed by atoms with van der Waals surface area (Å²) in [6.07, 6.45) is 3.55. The molecule has 1 aromatic carbocycles. The minimum atomic E-state index is -2.97. The summed E-state index contributed by atoms with van der Waals surface area (Å²) in [6, 6.07) is 6.22. The third kappa shape index (κ3) is 2.67. The summed E-state index contributed by atoms with van der Waals surface area (Å²) in [6.45, 7) is 3.32. The highest BCUT2D eigenvalue weighted by Crippen LogP contribution is 2.30. The van der Waals surface area contributed by atoms with Gasteiger partial charge in [0, 0.05) is 11.6 Å². The number of imidazole rings is 1. The monoisotopic (exact) mass is 345 g/mol. The van der Waals surface area contributed by atoms with E-state index in [9.17, 15) is 8.42 Å². The van der Waals surface area contributed by atoms with E-state index >= 15 is 0 Å². The van der Waals surface area contributed by atoms with E-state index in [1.807, 2.05) is 18.2 Å². The van der Waals surface area contributed by atoms with Gasteiger partial charge < -0.3 is 9.30 Å². The van der Waals surface area contributed by atoms with Crippen LogP contribution in [0.2, 0.25) is 0 Å². The van der Waals surface area contributed by atoms with Crippen LogP contribution >= 0.6 is 0 Å². The number of aromatic nitrogens is 3. The van der Waals surface area contributed by atoms with Gasteiger partial charge in [-0.25, -0.2) is 13.4 Å². The van der Waals surface area contributed by atoms with Crippen molar-refractivity contribution in [3.63, 3.8) is 0 Å². The van der Waals surface area contributed by atoms with E-state index in [0.717, 1.165) is 33.3 Å². The topological polar surface area (TPSA) is 74.1 Å². The number of nitrogens with zero attached hydrogens (tertiary/aromatic N) is 3. The summed E-state index contributed by atoms with van der Waals surface area (Å²) in [5.74, 6) is 1.08. The van der Waals surface area contributed by atoms with Crippen LogP contribution in [0.15, 0.2) is 24.4 Å². The van der Waals surface area contributed by atoms with Crippen LogP contribution in [0.1, 0.15) is 24.4 Å². The molecule has 3 aromatic rings. The Kier molecular flexibility index (Phi) is 3.58. The van der Waals surface area contributed by atoms with Crippen LogP contribution in [0, 0.1) is 0 Å². The summed E-state index contributed by atoms with van der Waals surface area (Å²) >= 11 is 0. The van der Waals surface area contributed by atoms with Gasteiger partial charge in [-0.1, -0.05) is 12.1 Å². The molecule has 0 N–H and O–H groups in total. The number of fused-ring (bicyclic) bond motifs is 5. The van der Waals surface area contributed by atoms with Gasteiger partial charge in [0.2, 0.25) is 0 Å². The highest BCUT2D eigenvalue weighted by atomic mass is 32.2. The third-order valence-electron chi connectivity index (χ3n) is 4.45. The molecule has 3 heterocycles. The van der Waals surface area contributed by atoms with Crippen molar-refractivity contribution in [3.05, 3.63) is 35.8 Å². The molecule has 0 unspecified atom stereocenters. The molecule has 0 radical (unpaired) electrons. The van der Waals surface area contributed by atoms with Crippen LogP contribution in [0.4, 0.5) is 0 Å². The van der Waals surface area contributed by atoms with Gasteiger partial charge in [-0.05, 0) is 25.0 Å². The van der Waals surface area contributed by atoms with Crippen molar-refractivity contribution in [2.45, 2.75) is 26.0 Å². The molecule has 0 bridgehead atoms. The maximum Gasteiger partial charge on any atom is 0.147 e. The molecular formula is C17H19N3O3S. The second kappa shape index (κ2) is 5.53. The highest BCUT2D eigenvalue weighted by molar-refractivity contribution is 7.90. The van der Waals surface area contributed by atoms with E-state index in [4.69, 9.17) is 4.74 Å². The lowest BCUT2D eigenvalue weighted by Gasteiger charge is -2.23. The quantitative estimate of drug-likeness (QED) is 0.728. The van der Waals surface area contributed by atoms with Crippen molar-refractivity contribution in [1.82, 2.24) is 14.5 Å². The van der Waals surface area contributed by atoms with E-state index in [-0.39, 0.29) is 11.8 Å². The SMILES string of the molecule is C[C@H]1COCc2nc3cnc4cc(CCS(C)(=O)=O)ccc4c3n21. The van der Waals surface area contributed by atoms with Crippen molar-refractivity contribution in [3.8, 4) is 0 Å². The van der Waals surface area contributed by atoms with Crippen molar-refractivity contribution < 1.29 is 13.2 Å². The Labute approximate surface area is 140 Å². The number of pyridine rings is 1. The van der Waals surface area contributed by atoms with Crippen molar-refractivity contribution in [2.75, 3.05) is 18.6 Å². The Morgan fingerprint density at radius 1 is 1.33 bits per heavy atom. The molecule has 1 atom stereocenters. The zero-order valence-corrected chi connectivity index (χ0v) is 14.5. The van der Waals surface area contributed by atoms with Crippen LogP contribution in [-0.2, 0) is 27.6 Å². The van der Waals surface area contributed by atoms with Gasteiger partial charge in [0.05, 0.1) is 35.6 Å². The van der Waals surface area contributed by atoms with Gasteiger partial charge in [0.25, 0.3) is 0 Å². The number of benzene rings is 1. The van der Waals surface area contributed by atoms with E-state index in [1.54, 1.807) is 6.20 Å². The summed E-state index contributed by atoms with van der Waals surface area (Å²) in [5.41, 5.74) is 3.81. The van der Waals surface area contributed by atoms with Gasteiger partial charge in [-0.15, -0.1) is 0 Å². The lowest BCUT2D eigenvalue weighted by atomic mass is 10.1. The Balaban J connectivity index is 1.85. The molecule has 6 nitrogen and oxygen atoms in total. The Morgan fingerprint density at radius 3 is 2.96 bits per heavy atom. The molecular weight excluding hydrogens is 326 g/mol. The average molecular weight is 345 g/mol. The number of hydrogen-bond acceptors (Lipinski definition) is 5. The molecule has 126 valence electrons. The summed E-state index contributed by atoms with van der Waals surface area (Å²) in [5, 5.41) is 1.04. The highest BCUT2D eigenvalue weighted by Gasteiger charge is 2.22. The summed E-state index contributed by atoms with van der Waals surface area (Å²) < 4.78 is 30.5. The molecule has 0 aliphatic carbocycles. The van der Waals surface area contributed by atoms with Crippen LogP contribution in [-0.4, -0.2) is 41.6 Å². The molecule has 0 saturated heterocycles. The van der Waals surface area contributed by atoms with Crippen molar-refractivity contribution in [2.24, 2.45) is 0 Å². The summed E-state index contributed by atoms with van der Waals surface area (Å²) in [7, 11) is -2.97. The maximum atomic E-state index is 11.4. The fourth-order valence-corrected chi connectivity index (χ4v) is 3.91. The number of ether oxygens (including phenoxy) is 1. The lowest BCUT2D eigenvalue weighted by molar-refractivity contribution is 0.0622. The van der Waals surface area contributed by atoms with E-state index in [2.05, 4.69) is 21.5 Å². The van der Waals surface area contributed by atoms with E-state index < -0.39 is 9.84 Å². The second-order valence-corrected chi connectivity index (χ2v) is 8.75. The zero-order chi connectivity index (χ0) is 16.9. The van der Waals surface area contributed by atoms with Gasteiger partial charge in [-0.2, -0.15) is 0 Å². The number of rotatable bonds is 3. The van der Waals surface area contributed by atoms with Crippen LogP contribution < -0.4 is 0 Å². The standard InChI is InChI=1S/C17H19N3O3S/c1-11-9-23-10-16-19-15-8-18-14-7-12(5-6-24(2,21)22)3-4-13(14)17(15)20(11)16/h3-4,7-8,11H,5-6,9-10H2,1-2H3/t11-/m0/s1. The second-order valence-electron chi connectivity index (χ2n) is 6.49. The van der Waals surface area contributed by atoms with Crippen molar-refractivity contribution >= 4 is 31.8 Å². The van der Waals surface area contributed by atoms with Gasteiger partial charge >= 0.3 is 0 Å². The fraction of sp³-hybridized carbons (Fsp3) is 0.412. The van der Waals surface area contributed by atoms with Crippen LogP contribution in [0.25, 0.3) is 21.9 Å². The first-order valence-corrected chi connectivity index (χ1v) is 10.0. The van der Waals surface area contributed by atoms with Gasteiger partial charge in [-0.3, -0.25) is 4.98 Å². The smallest absolute Gasteiger partial charge is 0.147 e. The Hall–Kier alpha value is -1.99. The minimum Gasteiger partial charge on any atom is -0.371 e. The largest absolute Gasteiger partial charge is 0.371 e. The number of aryl methyl sites for hydroxylation is 1. The molecule has 24 heavy (non-hydrogen) atoms. The molecule has 0 fully saturated rings. The predicted molar refractivity (Wildman–Crippen MR) is 92.8 cm³/mol. The van der Waals surface area contributed by atoms with E-state index in [0.29, 0.717) is 19.6 Å². The predicted octanol–water partition coefficient (Wildman–Crippen LogP) is 2.26. The normalized spacial score (nSPS) is 18.2. The Morgan fingerprint density at radius 2 is 2.17 bits per heavy atom. The first kappa shape index (κ1) is 15.5. The molecule has 7 heteroatoms. The van der Waals surface area contributed by atoms with Crippen LogP contribution in [0.5, 0.6) is 0 Å². The zero-order valence-electron chi connectivity index (χ0n) is 13.7. The third-order valence-corrected chi connectivity index (χ3v) is 5.39. The first-order valence-electron chi connectivity index (χ1n) is 7.96. The molecule has 1 aliphatic heterocycles. The van der Waals surface area contributed by atoms with Crippen LogP contribution in [0.3, 0.4) is 0 Å². The lowest BCUT2D eigenvalue weighted by Crippen LogP contribution is -2.21. The van der Waals surface area contributed by atoms with Gasteiger partial charge in [0.15, 0.2) is 0 Å². The first-order chi connectivity index (χ1) is 11.4. The molecule has 1 aliphatic rings. The molecule has 0 saturated carbocycles. The number of sulfone groups is 1. The van der Waals surface area contributed by atoms with Crippen molar-refractivity contribution in [1.29, 1.82) is 0 Å². The molecule has 0 spiro atoms. The Bertz CT molecular complexity index is 1040. The molecule has 2 aromatic heterocycles. The maximum absolute atomic E-state index is 11.4. The van der Waals surface area contributed by atoms with E-state index in [1.165, 1.54) is 6.26 Å². The molecule has 4 rings (SSSR count). The average Bonchev–Trinajstić information content (AvgIpc) is 2.92. The minimum absolute atomic E-state index is 0.150. The fourth-order valence-electron chi connectivity index (χ4n) is 3.30. The van der Waals surface area contributed by atoms with Gasteiger partial charge in [0.1, 0.15) is 27.8 Å².